The zero-order chi connectivity index (χ0) is 22.9. The molecule has 2 aromatic carbocycles. The number of pyridine rings is 1. The lowest BCUT2D eigenvalue weighted by Gasteiger charge is -2.13. The molecule has 1 heterocycles. The van der Waals surface area contributed by atoms with Crippen molar-refractivity contribution in [1.29, 1.82) is 0 Å². The smallest absolute Gasteiger partial charge is 0.268 e. The number of benzene rings is 2. The Morgan fingerprint density at radius 3 is 2.34 bits per heavy atom. The molecule has 0 radical (unpaired) electrons. The first-order chi connectivity index (χ1) is 15.5. The summed E-state index contributed by atoms with van der Waals surface area (Å²) >= 11 is 0. The molecule has 0 saturated carbocycles. The average Bonchev–Trinajstić information content (AvgIpc) is 2.83. The number of carbonyl (C=O) groups is 1. The molecule has 7 heteroatoms. The van der Waals surface area contributed by atoms with Crippen molar-refractivity contribution >= 4 is 17.7 Å². The highest BCUT2D eigenvalue weighted by Gasteiger charge is 2.13. The van der Waals surface area contributed by atoms with Gasteiger partial charge in [0.15, 0.2) is 11.5 Å². The van der Waals surface area contributed by atoms with Crippen LogP contribution in [0.3, 0.4) is 0 Å². The summed E-state index contributed by atoms with van der Waals surface area (Å²) < 4.78 is 17.1. The van der Waals surface area contributed by atoms with E-state index in [2.05, 4.69) is 5.32 Å². The third kappa shape index (κ3) is 5.57. The fraction of sp³-hybridized carbons (Fsp3) is 0.200. The summed E-state index contributed by atoms with van der Waals surface area (Å²) in [6, 6.07) is 17.6. The number of methoxy groups -OCH3 is 3. The summed E-state index contributed by atoms with van der Waals surface area (Å²) in [6.45, 7) is 0.385. The molecule has 1 aromatic heterocycles. The second-order valence-electron chi connectivity index (χ2n) is 6.91. The van der Waals surface area contributed by atoms with Crippen molar-refractivity contribution in [2.45, 2.75) is 6.42 Å². The minimum Gasteiger partial charge on any atom is -0.497 e. The number of nitrogens with one attached hydrogen (secondary N) is 1. The molecule has 0 atom stereocenters. The summed E-state index contributed by atoms with van der Waals surface area (Å²) in [4.78, 5) is 25.4. The zero-order valence-electron chi connectivity index (χ0n) is 18.3. The average molecular weight is 434 g/mol. The van der Waals surface area contributed by atoms with Crippen molar-refractivity contribution in [2.75, 3.05) is 27.9 Å². The van der Waals surface area contributed by atoms with E-state index in [1.807, 2.05) is 30.3 Å². The monoisotopic (exact) mass is 434 g/mol. The van der Waals surface area contributed by atoms with E-state index < -0.39 is 0 Å². The van der Waals surface area contributed by atoms with Crippen molar-refractivity contribution in [3.63, 3.8) is 0 Å². The summed E-state index contributed by atoms with van der Waals surface area (Å²) in [5, 5.41) is 2.90. The standard InChI is InChI=1S/C25H26N2O5/c1-30-20-10-7-18(8-11-20)16-21(27-15-5-4-6-24(27)28)25(29)26-14-13-19-9-12-22(31-2)23(17-19)32-3/h4-12,15-17H,13-14H2,1-3H3,(H,26,29)/b21-16+. The van der Waals surface area contributed by atoms with E-state index in [-0.39, 0.29) is 17.2 Å². The second-order valence-corrected chi connectivity index (χ2v) is 6.91. The van der Waals surface area contributed by atoms with Gasteiger partial charge in [0.2, 0.25) is 0 Å². The van der Waals surface area contributed by atoms with Gasteiger partial charge in [0.05, 0.1) is 21.3 Å². The molecule has 0 aliphatic rings. The van der Waals surface area contributed by atoms with E-state index in [1.54, 1.807) is 57.9 Å². The van der Waals surface area contributed by atoms with E-state index in [0.29, 0.717) is 30.2 Å². The molecule has 32 heavy (non-hydrogen) atoms. The molecule has 0 aliphatic carbocycles. The number of hydrogen-bond acceptors (Lipinski definition) is 5. The van der Waals surface area contributed by atoms with Crippen LogP contribution in [-0.2, 0) is 11.2 Å². The van der Waals surface area contributed by atoms with Crippen LogP contribution in [-0.4, -0.2) is 38.3 Å². The number of ether oxygens (including phenoxy) is 3. The summed E-state index contributed by atoms with van der Waals surface area (Å²) in [6.07, 6.45) is 3.84. The summed E-state index contributed by atoms with van der Waals surface area (Å²) in [5.74, 6) is 1.63. The van der Waals surface area contributed by atoms with Crippen molar-refractivity contribution in [3.05, 3.63) is 88.3 Å². The highest BCUT2D eigenvalue weighted by Crippen LogP contribution is 2.27. The van der Waals surface area contributed by atoms with Crippen LogP contribution in [0.1, 0.15) is 11.1 Å². The second kappa shape index (κ2) is 10.9. The fourth-order valence-corrected chi connectivity index (χ4v) is 3.18. The molecule has 3 rings (SSSR count). The highest BCUT2D eigenvalue weighted by atomic mass is 16.5. The third-order valence-corrected chi connectivity index (χ3v) is 4.88. The van der Waals surface area contributed by atoms with Crippen LogP contribution >= 0.6 is 0 Å². The Morgan fingerprint density at radius 2 is 1.69 bits per heavy atom. The SMILES string of the molecule is COc1ccc(/C=C(\C(=O)NCCc2ccc(OC)c(OC)c2)n2ccccc2=O)cc1. The number of amides is 1. The minimum absolute atomic E-state index is 0.230. The number of rotatable bonds is 9. The molecule has 0 bridgehead atoms. The van der Waals surface area contributed by atoms with E-state index in [9.17, 15) is 9.59 Å². The molecule has 166 valence electrons. The van der Waals surface area contributed by atoms with Crippen LogP contribution < -0.4 is 25.1 Å². The maximum Gasteiger partial charge on any atom is 0.268 e. The van der Waals surface area contributed by atoms with Crippen LogP contribution in [0.15, 0.2) is 71.7 Å². The lowest BCUT2D eigenvalue weighted by atomic mass is 10.1. The van der Waals surface area contributed by atoms with Gasteiger partial charge in [-0.3, -0.25) is 14.2 Å². The first-order valence-corrected chi connectivity index (χ1v) is 10.1. The van der Waals surface area contributed by atoms with Gasteiger partial charge in [0.1, 0.15) is 11.4 Å². The number of aromatic nitrogens is 1. The first-order valence-electron chi connectivity index (χ1n) is 10.1. The normalized spacial score (nSPS) is 11.0. The largest absolute Gasteiger partial charge is 0.497 e. The summed E-state index contributed by atoms with van der Waals surface area (Å²) in [5.41, 5.74) is 1.70. The fourth-order valence-electron chi connectivity index (χ4n) is 3.18. The van der Waals surface area contributed by atoms with Crippen LogP contribution in [0, 0.1) is 0 Å². The molecule has 0 saturated heterocycles. The predicted octanol–water partition coefficient (Wildman–Crippen LogP) is 3.23. The van der Waals surface area contributed by atoms with Crippen molar-refractivity contribution < 1.29 is 19.0 Å². The molecular weight excluding hydrogens is 408 g/mol. The van der Waals surface area contributed by atoms with Gasteiger partial charge in [-0.05, 0) is 54.0 Å². The van der Waals surface area contributed by atoms with E-state index in [4.69, 9.17) is 14.2 Å². The van der Waals surface area contributed by atoms with Crippen molar-refractivity contribution in [1.82, 2.24) is 9.88 Å². The molecule has 7 nitrogen and oxygen atoms in total. The predicted molar refractivity (Wildman–Crippen MR) is 124 cm³/mol. The van der Waals surface area contributed by atoms with Crippen molar-refractivity contribution in [2.24, 2.45) is 0 Å². The molecule has 0 fully saturated rings. The Hall–Kier alpha value is -4.00. The Kier molecular flexibility index (Phi) is 7.70. The lowest BCUT2D eigenvalue weighted by Crippen LogP contribution is -2.31. The molecular formula is C25H26N2O5. The molecule has 0 spiro atoms. The Morgan fingerprint density at radius 1 is 0.938 bits per heavy atom. The van der Waals surface area contributed by atoms with E-state index in [0.717, 1.165) is 11.1 Å². The molecule has 1 N–H and O–H groups in total. The van der Waals surface area contributed by atoms with Gasteiger partial charge in [-0.2, -0.15) is 0 Å². The van der Waals surface area contributed by atoms with Gasteiger partial charge in [-0.1, -0.05) is 24.3 Å². The quantitative estimate of drug-likeness (QED) is 0.523. The molecule has 3 aromatic rings. The third-order valence-electron chi connectivity index (χ3n) is 4.88. The maximum atomic E-state index is 13.0. The van der Waals surface area contributed by atoms with Gasteiger partial charge in [0, 0.05) is 18.8 Å². The highest BCUT2D eigenvalue weighted by molar-refractivity contribution is 6.18. The lowest BCUT2D eigenvalue weighted by molar-refractivity contribution is -0.115. The Balaban J connectivity index is 1.79. The minimum atomic E-state index is -0.352. The van der Waals surface area contributed by atoms with Gasteiger partial charge in [-0.25, -0.2) is 0 Å². The van der Waals surface area contributed by atoms with Gasteiger partial charge >= 0.3 is 0 Å². The van der Waals surface area contributed by atoms with Crippen molar-refractivity contribution in [3.8, 4) is 17.2 Å². The van der Waals surface area contributed by atoms with Crippen LogP contribution in [0.5, 0.6) is 17.2 Å². The van der Waals surface area contributed by atoms with Gasteiger partial charge < -0.3 is 19.5 Å². The number of carbonyl (C=O) groups excluding carboxylic acids is 1. The van der Waals surface area contributed by atoms with Crippen LogP contribution in [0.2, 0.25) is 0 Å². The molecule has 1 amide bonds. The van der Waals surface area contributed by atoms with E-state index >= 15 is 0 Å². The van der Waals surface area contributed by atoms with Gasteiger partial charge in [0.25, 0.3) is 11.5 Å². The first kappa shape index (κ1) is 22.7. The number of nitrogens with zero attached hydrogens (tertiary/aromatic N) is 1. The number of hydrogen-bond donors (Lipinski definition) is 1. The molecule has 0 unspecified atom stereocenters. The van der Waals surface area contributed by atoms with Crippen LogP contribution in [0.25, 0.3) is 11.8 Å². The van der Waals surface area contributed by atoms with Crippen LogP contribution in [0.4, 0.5) is 0 Å². The van der Waals surface area contributed by atoms with E-state index in [1.165, 1.54) is 10.6 Å². The Labute approximate surface area is 186 Å². The maximum absolute atomic E-state index is 13.0. The topological polar surface area (TPSA) is 78.8 Å². The van der Waals surface area contributed by atoms with Gasteiger partial charge in [-0.15, -0.1) is 0 Å². The Bertz CT molecular complexity index is 1150. The summed E-state index contributed by atoms with van der Waals surface area (Å²) in [7, 11) is 4.75. The molecule has 0 aliphatic heterocycles. The zero-order valence-corrected chi connectivity index (χ0v) is 18.3.